The maximum atomic E-state index is 12.6. The van der Waals surface area contributed by atoms with Gasteiger partial charge in [-0.15, -0.1) is 0 Å². The maximum absolute atomic E-state index is 12.6. The Morgan fingerprint density at radius 3 is 1.91 bits per heavy atom. The van der Waals surface area contributed by atoms with Gasteiger partial charge in [0.2, 0.25) is 0 Å². The molecule has 0 aliphatic rings. The monoisotopic (exact) mass is 652 g/mol. The van der Waals surface area contributed by atoms with E-state index in [1.807, 2.05) is 71.4 Å². The van der Waals surface area contributed by atoms with Gasteiger partial charge < -0.3 is 25.3 Å². The Morgan fingerprint density at radius 2 is 1.43 bits per heavy atom. The minimum Gasteiger partial charge on any atom is -0.475 e. The number of hydrogen-bond acceptors (Lipinski definition) is 6. The van der Waals surface area contributed by atoms with E-state index in [-0.39, 0.29) is 11.8 Å². The summed E-state index contributed by atoms with van der Waals surface area (Å²) in [5, 5.41) is 21.9. The number of nitrogens with two attached hydrogens (primary N) is 1. The van der Waals surface area contributed by atoms with E-state index in [1.54, 1.807) is 25.4 Å². The van der Waals surface area contributed by atoms with Crippen molar-refractivity contribution in [2.24, 2.45) is 5.73 Å². The third kappa shape index (κ3) is 11.1. The van der Waals surface area contributed by atoms with Crippen molar-refractivity contribution < 1.29 is 55.7 Å². The molecule has 0 bridgehead atoms. The number of carbonyl (C=O) groups excluding carboxylic acids is 1. The van der Waals surface area contributed by atoms with Crippen molar-refractivity contribution in [2.75, 3.05) is 6.61 Å². The number of nitrogen functional groups attached to an aromatic ring is 1. The highest BCUT2D eigenvalue weighted by atomic mass is 19.4. The fraction of sp³-hybridized carbons (Fsp3) is 0.167. The number of nitrogens with one attached hydrogen (secondary N) is 1. The largest absolute Gasteiger partial charge is 0.490 e. The standard InChI is InChI=1S/C26H24N4O2.2C2HF3O2/c1-2-32-26(31)23-17-30(15-18-6-5-7-21(14-18)25(27)28)16-22(23)19-9-11-20(12-10-19)24-8-3-4-13-29-24;2*3-2(4,5)1(6)7/h3-14,16-17H,2,15H2,1H3,(H3,27,28);2*(H,6,7). The van der Waals surface area contributed by atoms with Gasteiger partial charge in [-0.2, -0.15) is 26.3 Å². The van der Waals surface area contributed by atoms with Gasteiger partial charge in [0.15, 0.2) is 0 Å². The topological polar surface area (TPSA) is 169 Å². The van der Waals surface area contributed by atoms with Crippen LogP contribution in [0.15, 0.2) is 85.3 Å². The molecular formula is C30H26F6N4O6. The summed E-state index contributed by atoms with van der Waals surface area (Å²) in [6.07, 6.45) is -4.65. The third-order valence-corrected chi connectivity index (χ3v) is 5.62. The van der Waals surface area contributed by atoms with Crippen molar-refractivity contribution in [3.05, 3.63) is 102 Å². The van der Waals surface area contributed by atoms with Gasteiger partial charge in [0.25, 0.3) is 0 Å². The van der Waals surface area contributed by atoms with E-state index in [0.29, 0.717) is 24.3 Å². The molecule has 0 amide bonds. The molecule has 244 valence electrons. The number of carboxylic acids is 2. The van der Waals surface area contributed by atoms with E-state index in [1.165, 1.54) is 0 Å². The normalized spacial score (nSPS) is 10.8. The first-order chi connectivity index (χ1) is 21.4. The Balaban J connectivity index is 0.000000440. The molecule has 4 aromatic rings. The molecular weight excluding hydrogens is 626 g/mol. The van der Waals surface area contributed by atoms with Crippen LogP contribution in [0.2, 0.25) is 0 Å². The van der Waals surface area contributed by atoms with Crippen LogP contribution in [0, 0.1) is 5.41 Å². The number of nitrogens with zero attached hydrogens (tertiary/aromatic N) is 2. The van der Waals surface area contributed by atoms with Crippen LogP contribution in [0.5, 0.6) is 0 Å². The van der Waals surface area contributed by atoms with E-state index in [9.17, 15) is 31.1 Å². The third-order valence-electron chi connectivity index (χ3n) is 5.62. The predicted octanol–water partition coefficient (Wildman–Crippen LogP) is 5.99. The number of hydrogen-bond donors (Lipinski definition) is 4. The second kappa shape index (κ2) is 15.9. The van der Waals surface area contributed by atoms with Gasteiger partial charge in [0.05, 0.1) is 17.9 Å². The Morgan fingerprint density at radius 1 is 0.870 bits per heavy atom. The van der Waals surface area contributed by atoms with Gasteiger partial charge in [-0.05, 0) is 36.2 Å². The molecule has 0 saturated heterocycles. The van der Waals surface area contributed by atoms with Crippen molar-refractivity contribution in [1.29, 1.82) is 5.41 Å². The molecule has 5 N–H and O–H groups in total. The molecule has 0 aliphatic heterocycles. The molecule has 16 heteroatoms. The summed E-state index contributed by atoms with van der Waals surface area (Å²) in [4.78, 5) is 34.8. The summed E-state index contributed by atoms with van der Waals surface area (Å²) in [5.74, 6) is -5.84. The molecule has 0 spiro atoms. The number of amidine groups is 1. The average molecular weight is 653 g/mol. The van der Waals surface area contributed by atoms with Crippen LogP contribution in [-0.2, 0) is 20.9 Å². The van der Waals surface area contributed by atoms with Crippen LogP contribution < -0.4 is 5.73 Å². The molecule has 2 heterocycles. The first kappa shape index (κ1) is 36.5. The SMILES string of the molecule is CCOC(=O)c1cn(Cc2cccc(C(=N)N)c2)cc1-c1ccc(-c2ccccn2)cc1.O=C(O)C(F)(F)F.O=C(O)C(F)(F)F. The number of rotatable bonds is 7. The molecule has 10 nitrogen and oxygen atoms in total. The van der Waals surface area contributed by atoms with Gasteiger partial charge >= 0.3 is 30.3 Å². The summed E-state index contributed by atoms with van der Waals surface area (Å²) in [6, 6.07) is 21.3. The van der Waals surface area contributed by atoms with Crippen LogP contribution in [0.4, 0.5) is 26.3 Å². The molecule has 0 unspecified atom stereocenters. The fourth-order valence-corrected chi connectivity index (χ4v) is 3.60. The molecule has 4 rings (SSSR count). The Hall–Kier alpha value is -5.67. The predicted molar refractivity (Wildman–Crippen MR) is 153 cm³/mol. The highest BCUT2D eigenvalue weighted by molar-refractivity contribution is 5.97. The van der Waals surface area contributed by atoms with Crippen molar-refractivity contribution in [3.63, 3.8) is 0 Å². The zero-order chi connectivity index (χ0) is 34.7. The summed E-state index contributed by atoms with van der Waals surface area (Å²) in [6.45, 7) is 2.64. The van der Waals surface area contributed by atoms with E-state index < -0.39 is 24.3 Å². The van der Waals surface area contributed by atoms with Crippen LogP contribution in [0.25, 0.3) is 22.4 Å². The zero-order valence-corrected chi connectivity index (χ0v) is 23.8. The molecule has 2 aromatic carbocycles. The van der Waals surface area contributed by atoms with Crippen LogP contribution in [0.3, 0.4) is 0 Å². The number of ether oxygens (including phenoxy) is 1. The van der Waals surface area contributed by atoms with Crippen LogP contribution in [0.1, 0.15) is 28.4 Å². The molecule has 2 aromatic heterocycles. The molecule has 0 radical (unpaired) electrons. The summed E-state index contributed by atoms with van der Waals surface area (Å²) >= 11 is 0. The van der Waals surface area contributed by atoms with Crippen molar-refractivity contribution >= 4 is 23.7 Å². The number of aromatic nitrogens is 2. The van der Waals surface area contributed by atoms with Crippen molar-refractivity contribution in [1.82, 2.24) is 9.55 Å². The van der Waals surface area contributed by atoms with Gasteiger partial charge in [-0.3, -0.25) is 10.4 Å². The number of carboxylic acid groups (broad SMARTS) is 2. The first-order valence-corrected chi connectivity index (χ1v) is 12.9. The van der Waals surface area contributed by atoms with Crippen LogP contribution >= 0.6 is 0 Å². The lowest BCUT2D eigenvalue weighted by molar-refractivity contribution is -0.193. The number of carbonyl (C=O) groups is 3. The van der Waals surface area contributed by atoms with Crippen LogP contribution in [-0.4, -0.2) is 62.5 Å². The molecule has 0 aliphatic carbocycles. The summed E-state index contributed by atoms with van der Waals surface area (Å²) < 4.78 is 70.7. The lowest BCUT2D eigenvalue weighted by atomic mass is 10.0. The minimum atomic E-state index is -5.08. The minimum absolute atomic E-state index is 0.0280. The molecule has 0 atom stereocenters. The summed E-state index contributed by atoms with van der Waals surface area (Å²) in [5.41, 5.74) is 11.4. The van der Waals surface area contributed by atoms with Gasteiger partial charge in [0, 0.05) is 41.8 Å². The number of alkyl halides is 6. The molecule has 0 fully saturated rings. The Bertz CT molecular complexity index is 1630. The highest BCUT2D eigenvalue weighted by Crippen LogP contribution is 2.29. The van der Waals surface area contributed by atoms with Crippen molar-refractivity contribution in [3.8, 4) is 22.4 Å². The van der Waals surface area contributed by atoms with Gasteiger partial charge in [-0.1, -0.05) is 48.5 Å². The second-order valence-corrected chi connectivity index (χ2v) is 8.99. The summed E-state index contributed by atoms with van der Waals surface area (Å²) in [7, 11) is 0. The quantitative estimate of drug-likeness (QED) is 0.0817. The number of benzene rings is 2. The lowest BCUT2D eigenvalue weighted by Gasteiger charge is -2.06. The zero-order valence-electron chi connectivity index (χ0n) is 23.8. The molecule has 46 heavy (non-hydrogen) atoms. The number of halogens is 6. The lowest BCUT2D eigenvalue weighted by Crippen LogP contribution is -2.21. The molecule has 0 saturated carbocycles. The number of aliphatic carboxylic acids is 2. The van der Waals surface area contributed by atoms with Gasteiger partial charge in [0.1, 0.15) is 5.84 Å². The number of pyridine rings is 1. The first-order valence-electron chi connectivity index (χ1n) is 12.9. The van der Waals surface area contributed by atoms with E-state index in [2.05, 4.69) is 4.98 Å². The second-order valence-electron chi connectivity index (χ2n) is 8.99. The highest BCUT2D eigenvalue weighted by Gasteiger charge is 2.38. The smallest absolute Gasteiger partial charge is 0.475 e. The maximum Gasteiger partial charge on any atom is 0.490 e. The van der Waals surface area contributed by atoms with E-state index >= 15 is 0 Å². The van der Waals surface area contributed by atoms with Gasteiger partial charge in [-0.25, -0.2) is 14.4 Å². The van der Waals surface area contributed by atoms with E-state index in [0.717, 1.165) is 27.9 Å². The fourth-order valence-electron chi connectivity index (χ4n) is 3.60. The van der Waals surface area contributed by atoms with Crippen molar-refractivity contribution in [2.45, 2.75) is 25.8 Å². The van der Waals surface area contributed by atoms with E-state index in [4.69, 9.17) is 35.7 Å². The Kier molecular flexibility index (Phi) is 12.6. The Labute approximate surface area is 257 Å². The number of esters is 1. The average Bonchev–Trinajstić information content (AvgIpc) is 3.41.